The second-order valence-corrected chi connectivity index (χ2v) is 5.47. The number of nitrogens with zero attached hydrogens (tertiary/aromatic N) is 1. The fourth-order valence-electron chi connectivity index (χ4n) is 2.05. The topological polar surface area (TPSA) is 38.9 Å². The van der Waals surface area contributed by atoms with Crippen LogP contribution in [0.3, 0.4) is 0 Å². The van der Waals surface area contributed by atoms with E-state index >= 15 is 0 Å². The minimum Gasteiger partial charge on any atom is -0.318 e. The highest BCUT2D eigenvalue weighted by Crippen LogP contribution is 2.29. The average Bonchev–Trinajstić information content (AvgIpc) is 2.97. The van der Waals surface area contributed by atoms with Gasteiger partial charge in [0.2, 0.25) is 0 Å². The molecule has 3 rings (SSSR count). The molecule has 2 aromatic carbocycles. The molecule has 1 heterocycles. The van der Waals surface area contributed by atoms with Crippen molar-refractivity contribution in [1.29, 1.82) is 0 Å². The highest BCUT2D eigenvalue weighted by atomic mass is 32.1. The van der Waals surface area contributed by atoms with Crippen molar-refractivity contribution in [2.75, 3.05) is 0 Å². The van der Waals surface area contributed by atoms with Crippen molar-refractivity contribution in [2.24, 2.45) is 5.73 Å². The zero-order chi connectivity index (χ0) is 14.8. The number of nitrogens with two attached hydrogens (primary N) is 1. The van der Waals surface area contributed by atoms with Gasteiger partial charge in [0, 0.05) is 17.0 Å². The van der Waals surface area contributed by atoms with Gasteiger partial charge in [0.1, 0.15) is 16.6 Å². The fraction of sp³-hybridized carbons (Fsp3) is 0.0625. The van der Waals surface area contributed by atoms with Gasteiger partial charge in [0.05, 0.1) is 11.7 Å². The van der Waals surface area contributed by atoms with Gasteiger partial charge in [-0.05, 0) is 17.7 Å². The Morgan fingerprint density at radius 2 is 1.81 bits per heavy atom. The first kappa shape index (κ1) is 13.9. The number of hydrogen-bond acceptors (Lipinski definition) is 3. The summed E-state index contributed by atoms with van der Waals surface area (Å²) in [6.45, 7) is 0. The van der Waals surface area contributed by atoms with Crippen molar-refractivity contribution in [1.82, 2.24) is 4.98 Å². The first-order valence-corrected chi connectivity index (χ1v) is 7.24. The largest absolute Gasteiger partial charge is 0.318 e. The Morgan fingerprint density at radius 1 is 1.05 bits per heavy atom. The van der Waals surface area contributed by atoms with Crippen LogP contribution in [-0.2, 0) is 0 Å². The molecule has 0 aliphatic rings. The van der Waals surface area contributed by atoms with Crippen LogP contribution in [0.2, 0.25) is 0 Å². The molecule has 2 nitrogen and oxygen atoms in total. The van der Waals surface area contributed by atoms with Crippen molar-refractivity contribution in [3.8, 4) is 11.3 Å². The van der Waals surface area contributed by atoms with Gasteiger partial charge in [-0.25, -0.2) is 13.8 Å². The third-order valence-electron chi connectivity index (χ3n) is 3.15. The Hall–Kier alpha value is -2.11. The molecular formula is C16H12F2N2S. The summed E-state index contributed by atoms with van der Waals surface area (Å²) in [6.07, 6.45) is 0. The van der Waals surface area contributed by atoms with Crippen molar-refractivity contribution >= 4 is 11.3 Å². The SMILES string of the molecule is NC(c1ccccc1)c1nc(-c2ccc(F)cc2F)cs1. The monoisotopic (exact) mass is 302 g/mol. The standard InChI is InChI=1S/C16H12F2N2S/c17-11-6-7-12(13(18)8-11)14-9-21-16(20-14)15(19)10-4-2-1-3-5-10/h1-9,15H,19H2. The van der Waals surface area contributed by atoms with E-state index in [1.807, 2.05) is 30.3 Å². The molecule has 0 fully saturated rings. The molecule has 2 N–H and O–H groups in total. The third kappa shape index (κ3) is 2.84. The second-order valence-electron chi connectivity index (χ2n) is 4.58. The Bertz CT molecular complexity index is 756. The fourth-order valence-corrected chi connectivity index (χ4v) is 2.90. The summed E-state index contributed by atoms with van der Waals surface area (Å²) in [5.74, 6) is -1.23. The lowest BCUT2D eigenvalue weighted by molar-refractivity contribution is 0.585. The lowest BCUT2D eigenvalue weighted by Gasteiger charge is -2.08. The van der Waals surface area contributed by atoms with Crippen molar-refractivity contribution in [3.05, 3.63) is 76.1 Å². The molecule has 0 aliphatic heterocycles. The van der Waals surface area contributed by atoms with Crippen LogP contribution in [0.15, 0.2) is 53.9 Å². The van der Waals surface area contributed by atoms with E-state index in [4.69, 9.17) is 5.73 Å². The summed E-state index contributed by atoms with van der Waals surface area (Å²) in [4.78, 5) is 4.38. The lowest BCUT2D eigenvalue weighted by Crippen LogP contribution is -2.11. The van der Waals surface area contributed by atoms with Gasteiger partial charge in [0.25, 0.3) is 0 Å². The quantitative estimate of drug-likeness (QED) is 0.790. The van der Waals surface area contributed by atoms with Gasteiger partial charge in [-0.15, -0.1) is 11.3 Å². The second kappa shape index (κ2) is 5.71. The summed E-state index contributed by atoms with van der Waals surface area (Å²) in [5.41, 5.74) is 7.85. The van der Waals surface area contributed by atoms with E-state index in [1.54, 1.807) is 5.38 Å². The van der Waals surface area contributed by atoms with E-state index < -0.39 is 11.6 Å². The van der Waals surface area contributed by atoms with Crippen LogP contribution < -0.4 is 5.73 Å². The summed E-state index contributed by atoms with van der Waals surface area (Å²) >= 11 is 1.36. The van der Waals surface area contributed by atoms with E-state index in [2.05, 4.69) is 4.98 Å². The highest BCUT2D eigenvalue weighted by Gasteiger charge is 2.15. The van der Waals surface area contributed by atoms with E-state index in [0.29, 0.717) is 10.7 Å². The van der Waals surface area contributed by atoms with E-state index in [0.717, 1.165) is 11.6 Å². The molecule has 3 aromatic rings. The predicted molar refractivity (Wildman–Crippen MR) is 79.9 cm³/mol. The molecule has 0 aliphatic carbocycles. The van der Waals surface area contributed by atoms with Gasteiger partial charge in [-0.2, -0.15) is 0 Å². The summed E-state index contributed by atoms with van der Waals surface area (Å²) in [5, 5.41) is 2.42. The smallest absolute Gasteiger partial charge is 0.135 e. The molecule has 1 atom stereocenters. The van der Waals surface area contributed by atoms with Gasteiger partial charge in [-0.3, -0.25) is 0 Å². The van der Waals surface area contributed by atoms with E-state index in [-0.39, 0.29) is 11.6 Å². The molecule has 5 heteroatoms. The van der Waals surface area contributed by atoms with Crippen LogP contribution in [0, 0.1) is 11.6 Å². The van der Waals surface area contributed by atoms with Crippen LogP contribution in [0.5, 0.6) is 0 Å². The number of aromatic nitrogens is 1. The average molecular weight is 302 g/mol. The van der Waals surface area contributed by atoms with Crippen LogP contribution in [0.4, 0.5) is 8.78 Å². The molecule has 0 spiro atoms. The van der Waals surface area contributed by atoms with Crippen LogP contribution in [-0.4, -0.2) is 4.98 Å². The molecule has 0 amide bonds. The van der Waals surface area contributed by atoms with Crippen LogP contribution in [0.1, 0.15) is 16.6 Å². The van der Waals surface area contributed by atoms with Gasteiger partial charge >= 0.3 is 0 Å². The van der Waals surface area contributed by atoms with Gasteiger partial charge in [-0.1, -0.05) is 30.3 Å². The zero-order valence-electron chi connectivity index (χ0n) is 11.0. The number of hydrogen-bond donors (Lipinski definition) is 1. The van der Waals surface area contributed by atoms with Crippen molar-refractivity contribution in [2.45, 2.75) is 6.04 Å². The normalized spacial score (nSPS) is 12.3. The Morgan fingerprint density at radius 3 is 2.52 bits per heavy atom. The van der Waals surface area contributed by atoms with E-state index in [9.17, 15) is 8.78 Å². The molecule has 21 heavy (non-hydrogen) atoms. The third-order valence-corrected chi connectivity index (χ3v) is 4.08. The van der Waals surface area contributed by atoms with Crippen molar-refractivity contribution < 1.29 is 8.78 Å². The maximum atomic E-state index is 13.8. The lowest BCUT2D eigenvalue weighted by atomic mass is 10.1. The molecule has 0 bridgehead atoms. The summed E-state index contributed by atoms with van der Waals surface area (Å²) in [6, 6.07) is 12.7. The highest BCUT2D eigenvalue weighted by molar-refractivity contribution is 7.10. The minimum atomic E-state index is -0.625. The minimum absolute atomic E-state index is 0.277. The molecule has 106 valence electrons. The molecule has 0 saturated heterocycles. The van der Waals surface area contributed by atoms with E-state index in [1.165, 1.54) is 23.5 Å². The maximum Gasteiger partial charge on any atom is 0.135 e. The number of benzene rings is 2. The first-order valence-electron chi connectivity index (χ1n) is 6.36. The molecule has 0 saturated carbocycles. The van der Waals surface area contributed by atoms with Crippen molar-refractivity contribution in [3.63, 3.8) is 0 Å². The molecule has 1 aromatic heterocycles. The maximum absolute atomic E-state index is 13.8. The molecular weight excluding hydrogens is 290 g/mol. The number of rotatable bonds is 3. The first-order chi connectivity index (χ1) is 10.1. The van der Waals surface area contributed by atoms with Crippen LogP contribution >= 0.6 is 11.3 Å². The van der Waals surface area contributed by atoms with Gasteiger partial charge in [0.15, 0.2) is 0 Å². The summed E-state index contributed by atoms with van der Waals surface area (Å²) in [7, 11) is 0. The Balaban J connectivity index is 1.93. The molecule has 0 radical (unpaired) electrons. The Kier molecular flexibility index (Phi) is 3.77. The predicted octanol–water partition coefficient (Wildman–Crippen LogP) is 4.14. The number of thiazole rings is 1. The Labute approximate surface area is 124 Å². The number of halogens is 2. The summed E-state index contributed by atoms with van der Waals surface area (Å²) < 4.78 is 26.7. The van der Waals surface area contributed by atoms with Gasteiger partial charge < -0.3 is 5.73 Å². The van der Waals surface area contributed by atoms with Crippen LogP contribution in [0.25, 0.3) is 11.3 Å². The zero-order valence-corrected chi connectivity index (χ0v) is 11.8. The molecule has 1 unspecified atom stereocenters.